The number of carbonyl (C=O) groups is 1. The van der Waals surface area contributed by atoms with Crippen molar-refractivity contribution in [2.45, 2.75) is 12.5 Å². The molecule has 2 rings (SSSR count). The molecule has 25 heavy (non-hydrogen) atoms. The first-order chi connectivity index (χ1) is 11.8. The number of carboxylic acid groups (broad SMARTS) is 1. The summed E-state index contributed by atoms with van der Waals surface area (Å²) in [6.07, 6.45) is 1.44. The molecule has 7 nitrogen and oxygen atoms in total. The molecule has 0 amide bonds. The molecule has 0 aliphatic carbocycles. The van der Waals surface area contributed by atoms with Gasteiger partial charge in [0.2, 0.25) is 10.0 Å². The summed E-state index contributed by atoms with van der Waals surface area (Å²) in [5.74, 6) is -1.18. The zero-order chi connectivity index (χ0) is 18.4. The third kappa shape index (κ3) is 6.56. The largest absolute Gasteiger partial charge is 0.480 e. The monoisotopic (exact) mass is 390 g/mol. The van der Waals surface area contributed by atoms with Crippen LogP contribution in [0.5, 0.6) is 0 Å². The topological polar surface area (TPSA) is 87.2 Å². The maximum atomic E-state index is 11.7. The standard InChI is InChI=1S/C16H23ClN2O5S/c1-25(22,23)19(12-16(20)21)11-14-10-18(8-9-24-14)7-6-13-4-2-3-5-15(13)17/h2-5,14H,6-12H2,1H3,(H,20,21). The van der Waals surface area contributed by atoms with Crippen LogP contribution in [0.3, 0.4) is 0 Å². The summed E-state index contributed by atoms with van der Waals surface area (Å²) >= 11 is 6.17. The Morgan fingerprint density at radius 3 is 2.80 bits per heavy atom. The average molecular weight is 391 g/mol. The van der Waals surface area contributed by atoms with Crippen molar-refractivity contribution >= 4 is 27.6 Å². The fraction of sp³-hybridized carbons (Fsp3) is 0.562. The van der Waals surface area contributed by atoms with E-state index in [1.54, 1.807) is 0 Å². The summed E-state index contributed by atoms with van der Waals surface area (Å²) in [7, 11) is -3.60. The molecule has 140 valence electrons. The Morgan fingerprint density at radius 1 is 1.44 bits per heavy atom. The second kappa shape index (κ2) is 8.95. The number of hydrogen-bond donors (Lipinski definition) is 1. The number of ether oxygens (including phenoxy) is 1. The minimum absolute atomic E-state index is 0.0354. The highest BCUT2D eigenvalue weighted by Crippen LogP contribution is 2.17. The first-order valence-corrected chi connectivity index (χ1v) is 10.2. The summed E-state index contributed by atoms with van der Waals surface area (Å²) in [6.45, 7) is 2.04. The molecule has 0 bridgehead atoms. The molecule has 9 heteroatoms. The molecule has 1 N–H and O–H groups in total. The normalized spacial score (nSPS) is 19.2. The highest BCUT2D eigenvalue weighted by atomic mass is 35.5. The smallest absolute Gasteiger partial charge is 0.318 e. The van der Waals surface area contributed by atoms with Gasteiger partial charge in [0, 0.05) is 31.2 Å². The van der Waals surface area contributed by atoms with E-state index in [-0.39, 0.29) is 12.6 Å². The summed E-state index contributed by atoms with van der Waals surface area (Å²) in [4.78, 5) is 13.1. The Labute approximate surface area is 153 Å². The number of aliphatic carboxylic acids is 1. The van der Waals surface area contributed by atoms with Gasteiger partial charge in [-0.3, -0.25) is 9.69 Å². The first kappa shape index (κ1) is 20.1. The minimum atomic E-state index is -3.60. The minimum Gasteiger partial charge on any atom is -0.480 e. The maximum Gasteiger partial charge on any atom is 0.318 e. The third-order valence-electron chi connectivity index (χ3n) is 4.07. The Kier molecular flexibility index (Phi) is 7.21. The van der Waals surface area contributed by atoms with E-state index in [0.717, 1.165) is 40.7 Å². The number of morpholine rings is 1. The van der Waals surface area contributed by atoms with E-state index in [1.807, 2.05) is 24.3 Å². The fourth-order valence-electron chi connectivity index (χ4n) is 2.77. The SMILES string of the molecule is CS(=O)(=O)N(CC(=O)O)CC1CN(CCc2ccccc2Cl)CCO1. The molecule has 1 saturated heterocycles. The molecule has 0 radical (unpaired) electrons. The van der Waals surface area contributed by atoms with Crippen LogP contribution in [0.4, 0.5) is 0 Å². The summed E-state index contributed by atoms with van der Waals surface area (Å²) < 4.78 is 30.1. The van der Waals surface area contributed by atoms with Crippen LogP contribution >= 0.6 is 11.6 Å². The molecule has 1 aromatic carbocycles. The Hall–Kier alpha value is -1.19. The van der Waals surface area contributed by atoms with E-state index in [0.29, 0.717) is 13.2 Å². The van der Waals surface area contributed by atoms with Gasteiger partial charge in [0.15, 0.2) is 0 Å². The highest BCUT2D eigenvalue weighted by Gasteiger charge is 2.27. The molecule has 0 spiro atoms. The first-order valence-electron chi connectivity index (χ1n) is 8.00. The number of hydrogen-bond acceptors (Lipinski definition) is 5. The van der Waals surface area contributed by atoms with Crippen molar-refractivity contribution in [2.24, 2.45) is 0 Å². The van der Waals surface area contributed by atoms with Crippen LogP contribution in [0.25, 0.3) is 0 Å². The van der Waals surface area contributed by atoms with Crippen LogP contribution in [0.2, 0.25) is 5.02 Å². The molecule has 0 aromatic heterocycles. The lowest BCUT2D eigenvalue weighted by molar-refractivity contribution is -0.137. The number of carboxylic acids is 1. The van der Waals surface area contributed by atoms with Crippen molar-refractivity contribution in [1.29, 1.82) is 0 Å². The van der Waals surface area contributed by atoms with Crippen LogP contribution < -0.4 is 0 Å². The van der Waals surface area contributed by atoms with Crippen molar-refractivity contribution < 1.29 is 23.1 Å². The van der Waals surface area contributed by atoms with Crippen molar-refractivity contribution in [1.82, 2.24) is 9.21 Å². The van der Waals surface area contributed by atoms with E-state index >= 15 is 0 Å². The van der Waals surface area contributed by atoms with E-state index in [1.165, 1.54) is 0 Å². The second-order valence-electron chi connectivity index (χ2n) is 6.08. The maximum absolute atomic E-state index is 11.7. The van der Waals surface area contributed by atoms with Gasteiger partial charge in [-0.25, -0.2) is 8.42 Å². The fourth-order valence-corrected chi connectivity index (χ4v) is 3.78. The van der Waals surface area contributed by atoms with Gasteiger partial charge in [-0.1, -0.05) is 29.8 Å². The average Bonchev–Trinajstić information content (AvgIpc) is 2.53. The molecule has 0 saturated carbocycles. The molecule has 1 fully saturated rings. The van der Waals surface area contributed by atoms with E-state index in [4.69, 9.17) is 21.4 Å². The summed E-state index contributed by atoms with van der Waals surface area (Å²) in [6, 6.07) is 7.67. The number of benzene rings is 1. The quantitative estimate of drug-likeness (QED) is 0.710. The number of halogens is 1. The number of sulfonamides is 1. The van der Waals surface area contributed by atoms with Crippen LogP contribution in [-0.4, -0.2) is 80.4 Å². The lowest BCUT2D eigenvalue weighted by atomic mass is 10.1. The molecule has 1 atom stereocenters. The lowest BCUT2D eigenvalue weighted by Crippen LogP contribution is -2.49. The van der Waals surface area contributed by atoms with Gasteiger partial charge in [0.05, 0.1) is 19.0 Å². The van der Waals surface area contributed by atoms with Gasteiger partial charge in [0.25, 0.3) is 0 Å². The van der Waals surface area contributed by atoms with Gasteiger partial charge in [-0.15, -0.1) is 0 Å². The van der Waals surface area contributed by atoms with Crippen molar-refractivity contribution in [3.05, 3.63) is 34.9 Å². The van der Waals surface area contributed by atoms with Gasteiger partial charge in [0.1, 0.15) is 6.54 Å². The molecule has 1 heterocycles. The van der Waals surface area contributed by atoms with E-state index in [2.05, 4.69) is 4.90 Å². The summed E-state index contributed by atoms with van der Waals surface area (Å²) in [5, 5.41) is 9.63. The Bertz CT molecular complexity index is 698. The summed E-state index contributed by atoms with van der Waals surface area (Å²) in [5.41, 5.74) is 1.07. The van der Waals surface area contributed by atoms with Gasteiger partial charge < -0.3 is 9.84 Å². The van der Waals surface area contributed by atoms with Crippen LogP contribution in [0, 0.1) is 0 Å². The van der Waals surface area contributed by atoms with Crippen LogP contribution in [0.1, 0.15) is 5.56 Å². The molecular weight excluding hydrogens is 368 g/mol. The molecule has 1 unspecified atom stereocenters. The van der Waals surface area contributed by atoms with Crippen molar-refractivity contribution in [3.8, 4) is 0 Å². The molecule has 1 aromatic rings. The van der Waals surface area contributed by atoms with Gasteiger partial charge in [-0.2, -0.15) is 4.31 Å². The Morgan fingerprint density at radius 2 is 2.16 bits per heavy atom. The molecule has 1 aliphatic heterocycles. The molecular formula is C16H23ClN2O5S. The molecule has 1 aliphatic rings. The van der Waals surface area contributed by atoms with E-state index < -0.39 is 22.5 Å². The van der Waals surface area contributed by atoms with Gasteiger partial charge in [-0.05, 0) is 18.1 Å². The van der Waals surface area contributed by atoms with Crippen molar-refractivity contribution in [3.63, 3.8) is 0 Å². The third-order valence-corrected chi connectivity index (χ3v) is 5.65. The second-order valence-corrected chi connectivity index (χ2v) is 8.47. The van der Waals surface area contributed by atoms with E-state index in [9.17, 15) is 13.2 Å². The van der Waals surface area contributed by atoms with Crippen LogP contribution in [-0.2, 0) is 26.0 Å². The highest BCUT2D eigenvalue weighted by molar-refractivity contribution is 7.88. The lowest BCUT2D eigenvalue weighted by Gasteiger charge is -2.34. The van der Waals surface area contributed by atoms with Crippen molar-refractivity contribution in [2.75, 3.05) is 45.6 Å². The predicted octanol–water partition coefficient (Wildman–Crippen LogP) is 0.930. The zero-order valence-corrected chi connectivity index (χ0v) is 15.7. The zero-order valence-electron chi connectivity index (χ0n) is 14.1. The number of nitrogens with zero attached hydrogens (tertiary/aromatic N) is 2. The van der Waals surface area contributed by atoms with Gasteiger partial charge >= 0.3 is 5.97 Å². The Balaban J connectivity index is 1.91. The number of rotatable bonds is 8. The predicted molar refractivity (Wildman–Crippen MR) is 95.4 cm³/mol. The van der Waals surface area contributed by atoms with Crippen LogP contribution in [0.15, 0.2) is 24.3 Å².